The SMILES string of the molecule is CCCCCc1cc(O)c2c(c1C(=O)O)OC(C)(C)[C@@H]1CCC(C)=C[C@@H]21. The molecule has 1 aliphatic heterocycles. The third kappa shape index (κ3) is 3.22. The summed E-state index contributed by atoms with van der Waals surface area (Å²) in [4.78, 5) is 12.1. The van der Waals surface area contributed by atoms with E-state index in [-0.39, 0.29) is 23.1 Å². The van der Waals surface area contributed by atoms with E-state index in [1.165, 1.54) is 5.57 Å². The summed E-state index contributed by atoms with van der Waals surface area (Å²) < 4.78 is 6.27. The number of benzene rings is 1. The van der Waals surface area contributed by atoms with Gasteiger partial charge in [-0.05, 0) is 58.1 Å². The number of phenolic OH excluding ortho intramolecular Hbond substituents is 1. The van der Waals surface area contributed by atoms with Gasteiger partial charge in [0.25, 0.3) is 0 Å². The highest BCUT2D eigenvalue weighted by atomic mass is 16.5. The molecule has 142 valence electrons. The normalized spacial score (nSPS) is 23.5. The monoisotopic (exact) mass is 358 g/mol. The number of aryl methyl sites for hydroxylation is 1. The molecule has 0 amide bonds. The average molecular weight is 358 g/mol. The summed E-state index contributed by atoms with van der Waals surface area (Å²) in [5.41, 5.74) is 2.39. The molecule has 1 aromatic carbocycles. The van der Waals surface area contributed by atoms with Crippen LogP contribution in [0.4, 0.5) is 0 Å². The lowest BCUT2D eigenvalue weighted by molar-refractivity contribution is 0.00917. The molecule has 2 aliphatic rings. The number of rotatable bonds is 5. The van der Waals surface area contributed by atoms with Crippen LogP contribution in [0.3, 0.4) is 0 Å². The van der Waals surface area contributed by atoms with E-state index in [0.29, 0.717) is 23.3 Å². The fraction of sp³-hybridized carbons (Fsp3) is 0.591. The topological polar surface area (TPSA) is 66.8 Å². The van der Waals surface area contributed by atoms with E-state index in [1.807, 2.05) is 13.8 Å². The first-order valence-corrected chi connectivity index (χ1v) is 9.74. The first-order valence-electron chi connectivity index (χ1n) is 9.74. The van der Waals surface area contributed by atoms with Gasteiger partial charge < -0.3 is 14.9 Å². The van der Waals surface area contributed by atoms with Crippen molar-refractivity contribution in [2.24, 2.45) is 5.92 Å². The summed E-state index contributed by atoms with van der Waals surface area (Å²) in [6.45, 7) is 8.29. The molecule has 26 heavy (non-hydrogen) atoms. The van der Waals surface area contributed by atoms with Crippen molar-refractivity contribution in [1.29, 1.82) is 0 Å². The van der Waals surface area contributed by atoms with Gasteiger partial charge in [-0.1, -0.05) is 31.4 Å². The van der Waals surface area contributed by atoms with E-state index in [9.17, 15) is 15.0 Å². The molecule has 2 atom stereocenters. The lowest BCUT2D eigenvalue weighted by atomic mass is 9.67. The molecule has 2 N–H and O–H groups in total. The molecule has 3 rings (SSSR count). The molecule has 1 aliphatic carbocycles. The Kier molecular flexibility index (Phi) is 5.05. The minimum Gasteiger partial charge on any atom is -0.507 e. The number of hydrogen-bond donors (Lipinski definition) is 2. The lowest BCUT2D eigenvalue weighted by Gasteiger charge is -2.47. The Morgan fingerprint density at radius 1 is 1.35 bits per heavy atom. The highest BCUT2D eigenvalue weighted by molar-refractivity contribution is 5.94. The number of hydrogen-bond acceptors (Lipinski definition) is 3. The van der Waals surface area contributed by atoms with Crippen LogP contribution in [-0.4, -0.2) is 21.8 Å². The summed E-state index contributed by atoms with van der Waals surface area (Å²) in [7, 11) is 0. The van der Waals surface area contributed by atoms with Gasteiger partial charge in [0.15, 0.2) is 0 Å². The quantitative estimate of drug-likeness (QED) is 0.544. The second kappa shape index (κ2) is 6.98. The van der Waals surface area contributed by atoms with Crippen molar-refractivity contribution in [1.82, 2.24) is 0 Å². The van der Waals surface area contributed by atoms with Crippen LogP contribution in [0, 0.1) is 5.92 Å². The van der Waals surface area contributed by atoms with E-state index >= 15 is 0 Å². The zero-order chi connectivity index (χ0) is 19.1. The van der Waals surface area contributed by atoms with Gasteiger partial charge in [0.2, 0.25) is 0 Å². The van der Waals surface area contributed by atoms with Crippen molar-refractivity contribution >= 4 is 5.97 Å². The Bertz CT molecular complexity index is 745. The molecule has 0 spiro atoms. The van der Waals surface area contributed by atoms with Crippen molar-refractivity contribution in [3.63, 3.8) is 0 Å². The van der Waals surface area contributed by atoms with Gasteiger partial charge >= 0.3 is 5.97 Å². The van der Waals surface area contributed by atoms with Crippen LogP contribution < -0.4 is 4.74 Å². The van der Waals surface area contributed by atoms with Gasteiger partial charge in [0, 0.05) is 17.4 Å². The fourth-order valence-corrected chi connectivity index (χ4v) is 4.61. The Labute approximate surface area is 155 Å². The average Bonchev–Trinajstić information content (AvgIpc) is 2.53. The molecule has 0 unspecified atom stereocenters. The van der Waals surface area contributed by atoms with Crippen LogP contribution in [0.15, 0.2) is 17.7 Å². The summed E-state index contributed by atoms with van der Waals surface area (Å²) in [6.07, 6.45) is 7.85. The third-order valence-corrected chi connectivity index (χ3v) is 5.98. The summed E-state index contributed by atoms with van der Waals surface area (Å²) >= 11 is 0. The van der Waals surface area contributed by atoms with Gasteiger partial charge in [0.05, 0.1) is 0 Å². The van der Waals surface area contributed by atoms with Gasteiger partial charge in [-0.2, -0.15) is 0 Å². The van der Waals surface area contributed by atoms with Crippen LogP contribution in [0.2, 0.25) is 0 Å². The molecule has 1 aromatic rings. The maximum Gasteiger partial charge on any atom is 0.339 e. The number of aromatic carboxylic acids is 1. The number of unbranched alkanes of at least 4 members (excludes halogenated alkanes) is 2. The van der Waals surface area contributed by atoms with Gasteiger partial charge in [-0.25, -0.2) is 4.79 Å². The fourth-order valence-electron chi connectivity index (χ4n) is 4.61. The van der Waals surface area contributed by atoms with Crippen molar-refractivity contribution in [3.05, 3.63) is 34.4 Å². The summed E-state index contributed by atoms with van der Waals surface area (Å²) in [6, 6.07) is 1.66. The largest absolute Gasteiger partial charge is 0.507 e. The zero-order valence-corrected chi connectivity index (χ0v) is 16.3. The van der Waals surface area contributed by atoms with Crippen molar-refractivity contribution in [2.75, 3.05) is 0 Å². The van der Waals surface area contributed by atoms with Crippen molar-refractivity contribution in [3.8, 4) is 11.5 Å². The Hall–Kier alpha value is -1.97. The minimum absolute atomic E-state index is 0.00490. The van der Waals surface area contributed by atoms with Crippen molar-refractivity contribution in [2.45, 2.75) is 77.7 Å². The van der Waals surface area contributed by atoms with Crippen molar-refractivity contribution < 1.29 is 19.7 Å². The molecule has 0 saturated heterocycles. The maximum atomic E-state index is 12.1. The van der Waals surface area contributed by atoms with Crippen LogP contribution in [-0.2, 0) is 6.42 Å². The smallest absolute Gasteiger partial charge is 0.339 e. The molecule has 0 aromatic heterocycles. The number of fused-ring (bicyclic) bond motifs is 3. The standard InChI is InChI=1S/C22H30O4/c1-5-6-7-8-14-12-17(23)19-15-11-13(2)9-10-16(15)22(3,4)26-20(19)18(14)21(24)25/h11-12,15-16,23H,5-10H2,1-4H3,(H,24,25)/t15-,16-/m1/s1. The molecule has 0 bridgehead atoms. The molecule has 0 fully saturated rings. The predicted octanol–water partition coefficient (Wildman–Crippen LogP) is 5.43. The Morgan fingerprint density at radius 3 is 2.73 bits per heavy atom. The number of ether oxygens (including phenoxy) is 1. The van der Waals surface area contributed by atoms with E-state index in [0.717, 1.165) is 32.1 Å². The number of phenols is 1. The van der Waals surface area contributed by atoms with E-state index < -0.39 is 11.6 Å². The Morgan fingerprint density at radius 2 is 2.08 bits per heavy atom. The highest BCUT2D eigenvalue weighted by Crippen LogP contribution is 2.54. The number of carboxylic acid groups (broad SMARTS) is 1. The summed E-state index contributed by atoms with van der Waals surface area (Å²) in [5.74, 6) is -0.185. The first kappa shape index (κ1) is 18.8. The minimum atomic E-state index is -0.974. The number of carboxylic acids is 1. The first-order chi connectivity index (χ1) is 12.3. The molecular weight excluding hydrogens is 328 g/mol. The number of carbonyl (C=O) groups is 1. The Balaban J connectivity index is 2.18. The molecule has 1 heterocycles. The van der Waals surface area contributed by atoms with Gasteiger partial charge in [-0.3, -0.25) is 0 Å². The maximum absolute atomic E-state index is 12.1. The second-order valence-electron chi connectivity index (χ2n) is 8.32. The van der Waals surface area contributed by atoms with Gasteiger partial charge in [-0.15, -0.1) is 0 Å². The molecule has 4 nitrogen and oxygen atoms in total. The summed E-state index contributed by atoms with van der Waals surface area (Å²) in [5, 5.41) is 20.7. The van der Waals surface area contributed by atoms with E-state index in [2.05, 4.69) is 19.9 Å². The van der Waals surface area contributed by atoms with Crippen LogP contribution in [0.5, 0.6) is 11.5 Å². The van der Waals surface area contributed by atoms with Gasteiger partial charge in [0.1, 0.15) is 22.7 Å². The van der Waals surface area contributed by atoms with E-state index in [1.54, 1.807) is 6.07 Å². The lowest BCUT2D eigenvalue weighted by Crippen LogP contribution is -2.45. The molecular formula is C22H30O4. The van der Waals surface area contributed by atoms with Crippen LogP contribution in [0.25, 0.3) is 0 Å². The van der Waals surface area contributed by atoms with Crippen LogP contribution in [0.1, 0.15) is 87.2 Å². The van der Waals surface area contributed by atoms with E-state index in [4.69, 9.17) is 4.74 Å². The highest BCUT2D eigenvalue weighted by Gasteiger charge is 2.47. The molecule has 0 saturated carbocycles. The second-order valence-corrected chi connectivity index (χ2v) is 8.32. The number of allylic oxidation sites excluding steroid dienone is 2. The molecule has 4 heteroatoms. The molecule has 0 radical (unpaired) electrons. The zero-order valence-electron chi connectivity index (χ0n) is 16.3. The predicted molar refractivity (Wildman–Crippen MR) is 102 cm³/mol. The number of aromatic hydroxyl groups is 1. The third-order valence-electron chi connectivity index (χ3n) is 5.98. The van der Waals surface area contributed by atoms with Crippen LogP contribution >= 0.6 is 0 Å².